The van der Waals surface area contributed by atoms with Crippen molar-refractivity contribution in [1.29, 1.82) is 0 Å². The van der Waals surface area contributed by atoms with Gasteiger partial charge in [-0.1, -0.05) is 19.6 Å². The molecule has 32 heavy (non-hydrogen) atoms. The number of imide groups is 1. The molecule has 165 valence electrons. The van der Waals surface area contributed by atoms with Crippen LogP contribution in [-0.4, -0.2) is 44.4 Å². The van der Waals surface area contributed by atoms with Crippen molar-refractivity contribution in [3.8, 4) is 11.8 Å². The van der Waals surface area contributed by atoms with Gasteiger partial charge in [-0.15, -0.1) is 0 Å². The van der Waals surface area contributed by atoms with Crippen LogP contribution >= 0.6 is 15.9 Å². The first-order chi connectivity index (χ1) is 14.3. The van der Waals surface area contributed by atoms with Crippen LogP contribution in [0.2, 0.25) is 0 Å². The summed E-state index contributed by atoms with van der Waals surface area (Å²) in [5.74, 6) is 0.0696. The van der Waals surface area contributed by atoms with Gasteiger partial charge in [-0.2, -0.15) is 0 Å². The molecule has 0 aliphatic heterocycles. The molecule has 10 heteroatoms. The van der Waals surface area contributed by atoms with Gasteiger partial charge in [-0.3, -0.25) is 10.1 Å². The van der Waals surface area contributed by atoms with Gasteiger partial charge in [0.1, 0.15) is 5.75 Å². The van der Waals surface area contributed by atoms with Gasteiger partial charge in [0.05, 0.1) is 10.0 Å². The summed E-state index contributed by atoms with van der Waals surface area (Å²) in [4.78, 5) is 34.7. The number of anilines is 2. The van der Waals surface area contributed by atoms with Crippen molar-refractivity contribution < 1.29 is 14.3 Å². The molecule has 3 amide bonds. The second kappa shape index (κ2) is 11.9. The van der Waals surface area contributed by atoms with Crippen LogP contribution in [-0.2, 0) is 0 Å². The number of para-hydroxylation sites is 1. The summed E-state index contributed by atoms with van der Waals surface area (Å²) in [5, 5.41) is 5.00. The Morgan fingerprint density at radius 2 is 1.72 bits per heavy atom. The van der Waals surface area contributed by atoms with E-state index in [1.165, 1.54) is 0 Å². The van der Waals surface area contributed by atoms with Crippen molar-refractivity contribution in [3.63, 3.8) is 0 Å². The summed E-state index contributed by atoms with van der Waals surface area (Å²) in [6.07, 6.45) is 3.17. The first-order valence-corrected chi connectivity index (χ1v) is 9.77. The van der Waals surface area contributed by atoms with Crippen LogP contribution < -0.4 is 20.3 Å². The van der Waals surface area contributed by atoms with Gasteiger partial charge in [0.2, 0.25) is 0 Å². The largest absolute Gasteiger partial charge is 0.424 e. The van der Waals surface area contributed by atoms with Crippen LogP contribution in [0.1, 0.15) is 23.3 Å². The fourth-order valence-corrected chi connectivity index (χ4v) is 2.89. The fourth-order valence-electron chi connectivity index (χ4n) is 2.68. The van der Waals surface area contributed by atoms with E-state index in [4.69, 9.17) is 4.74 Å². The van der Waals surface area contributed by atoms with Gasteiger partial charge in [0.15, 0.2) is 0 Å². The van der Waals surface area contributed by atoms with E-state index in [0.717, 1.165) is 15.7 Å². The zero-order valence-electron chi connectivity index (χ0n) is 17.2. The van der Waals surface area contributed by atoms with Gasteiger partial charge >= 0.3 is 12.0 Å². The Hall–Kier alpha value is -3.40. The maximum absolute atomic E-state index is 12.5. The number of rotatable bonds is 5. The molecule has 8 nitrogen and oxygen atoms in total. The van der Waals surface area contributed by atoms with E-state index in [1.54, 1.807) is 42.7 Å². The normalized spacial score (nSPS) is 9.62. The van der Waals surface area contributed by atoms with E-state index in [2.05, 4.69) is 36.5 Å². The lowest BCUT2D eigenvalue weighted by atomic mass is 10.1. The number of hydrogen-bond acceptors (Lipinski definition) is 6. The molecular formula is C22H24BBrN5O3. The maximum Gasteiger partial charge on any atom is 0.326 e. The van der Waals surface area contributed by atoms with Crippen LogP contribution in [0.4, 0.5) is 16.2 Å². The van der Waals surface area contributed by atoms with E-state index in [-0.39, 0.29) is 21.9 Å². The van der Waals surface area contributed by atoms with Gasteiger partial charge in [-0.05, 0) is 58.7 Å². The topological polar surface area (TPSA) is 96.5 Å². The highest BCUT2D eigenvalue weighted by Gasteiger charge is 2.15. The Kier molecular flexibility index (Phi) is 9.87. The lowest BCUT2D eigenvalue weighted by molar-refractivity contribution is 0.0967. The molecule has 3 rings (SSSR count). The molecule has 0 spiro atoms. The number of nitrogens with zero attached hydrogens (tertiary/aromatic N) is 3. The minimum absolute atomic E-state index is 0. The van der Waals surface area contributed by atoms with Gasteiger partial charge < -0.3 is 15.0 Å². The van der Waals surface area contributed by atoms with Crippen molar-refractivity contribution >= 4 is 47.7 Å². The maximum atomic E-state index is 12.5. The van der Waals surface area contributed by atoms with Gasteiger partial charge in [0.25, 0.3) is 5.91 Å². The summed E-state index contributed by atoms with van der Waals surface area (Å²) in [5.41, 5.74) is 2.41. The number of carbonyl (C=O) groups excluding carboxylic acids is 2. The van der Waals surface area contributed by atoms with Crippen LogP contribution in [0.25, 0.3) is 0 Å². The lowest BCUT2D eigenvalue weighted by Gasteiger charge is -2.16. The molecule has 2 aromatic carbocycles. The molecule has 1 aromatic heterocycles. The van der Waals surface area contributed by atoms with Gasteiger partial charge in [0, 0.05) is 46.3 Å². The Morgan fingerprint density at radius 1 is 1.06 bits per heavy atom. The number of hydrogen-bond donors (Lipinski definition) is 2. The standard InChI is InChI=1S/C21H20BrN5O3.CH4.B/c1-13-10-15(8-9-18(13)30-21-23-11-14(22)12-24-21)25-20(29)26-19(28)16-6-4-5-7-17(16)27(2)3;;/h4-12H,1-3H3,(H2,25,26,28,29);1H4;. The number of urea groups is 1. The fraction of sp³-hybridized carbons (Fsp3) is 0.182. The first kappa shape index (κ1) is 26.6. The highest BCUT2D eigenvalue weighted by Crippen LogP contribution is 2.26. The third-order valence-corrected chi connectivity index (χ3v) is 4.50. The third kappa shape index (κ3) is 6.81. The number of carbonyl (C=O) groups is 2. The second-order valence-corrected chi connectivity index (χ2v) is 7.50. The number of amides is 3. The lowest BCUT2D eigenvalue weighted by Crippen LogP contribution is -2.35. The Balaban J connectivity index is 0.00000256. The van der Waals surface area contributed by atoms with Crippen molar-refractivity contribution in [2.45, 2.75) is 14.4 Å². The minimum atomic E-state index is -0.627. The second-order valence-electron chi connectivity index (χ2n) is 6.59. The number of halogens is 1. The molecule has 0 saturated carbocycles. The molecule has 0 bridgehead atoms. The van der Waals surface area contributed by atoms with Gasteiger partial charge in [-0.25, -0.2) is 14.8 Å². The summed E-state index contributed by atoms with van der Waals surface area (Å²) in [6, 6.07) is 11.7. The van der Waals surface area contributed by atoms with E-state index in [0.29, 0.717) is 17.0 Å². The smallest absolute Gasteiger partial charge is 0.326 e. The highest BCUT2D eigenvalue weighted by molar-refractivity contribution is 9.10. The number of ether oxygens (including phenoxy) is 1. The summed E-state index contributed by atoms with van der Waals surface area (Å²) in [6.45, 7) is 1.83. The van der Waals surface area contributed by atoms with Crippen molar-refractivity contribution in [2.75, 3.05) is 24.3 Å². The molecule has 2 N–H and O–H groups in total. The third-order valence-electron chi connectivity index (χ3n) is 4.09. The number of nitrogens with one attached hydrogen (secondary N) is 2. The zero-order valence-corrected chi connectivity index (χ0v) is 18.8. The number of aromatic nitrogens is 2. The summed E-state index contributed by atoms with van der Waals surface area (Å²) >= 11 is 3.27. The quantitative estimate of drug-likeness (QED) is 0.500. The van der Waals surface area contributed by atoms with Crippen molar-refractivity contribution in [2.24, 2.45) is 0 Å². The van der Waals surface area contributed by atoms with Crippen LogP contribution in [0.15, 0.2) is 59.3 Å². The van der Waals surface area contributed by atoms with Crippen LogP contribution in [0, 0.1) is 6.92 Å². The molecule has 0 atom stereocenters. The average molecular weight is 497 g/mol. The minimum Gasteiger partial charge on any atom is -0.424 e. The molecule has 3 radical (unpaired) electrons. The zero-order chi connectivity index (χ0) is 21.7. The molecule has 1 heterocycles. The Morgan fingerprint density at radius 3 is 2.34 bits per heavy atom. The molecule has 0 aliphatic carbocycles. The number of benzene rings is 2. The van der Waals surface area contributed by atoms with Crippen molar-refractivity contribution in [3.05, 3.63) is 70.5 Å². The Labute approximate surface area is 198 Å². The number of aryl methyl sites for hydroxylation is 1. The molecule has 0 saturated heterocycles. The van der Waals surface area contributed by atoms with E-state index < -0.39 is 11.9 Å². The van der Waals surface area contributed by atoms with Crippen molar-refractivity contribution in [1.82, 2.24) is 15.3 Å². The van der Waals surface area contributed by atoms with E-state index >= 15 is 0 Å². The highest BCUT2D eigenvalue weighted by atomic mass is 79.9. The van der Waals surface area contributed by atoms with Crippen LogP contribution in [0.5, 0.6) is 11.8 Å². The molecule has 0 unspecified atom stereocenters. The molecular weight excluding hydrogens is 473 g/mol. The SMILES string of the molecule is C.Cc1cc(NC(=O)NC(=O)c2ccccc2N(C)C)ccc1Oc1ncc(Br)cn1.[B]. The van der Waals surface area contributed by atoms with E-state index in [1.807, 2.05) is 38.1 Å². The Bertz CT molecular complexity index is 1080. The molecule has 0 fully saturated rings. The average Bonchev–Trinajstić information content (AvgIpc) is 2.71. The molecule has 3 aromatic rings. The van der Waals surface area contributed by atoms with E-state index in [9.17, 15) is 9.59 Å². The van der Waals surface area contributed by atoms with Crippen LogP contribution in [0.3, 0.4) is 0 Å². The molecule has 0 aliphatic rings. The first-order valence-electron chi connectivity index (χ1n) is 8.98. The summed E-state index contributed by atoms with van der Waals surface area (Å²) in [7, 11) is 3.66. The predicted molar refractivity (Wildman–Crippen MR) is 131 cm³/mol. The predicted octanol–water partition coefficient (Wildman–Crippen LogP) is 4.62. The summed E-state index contributed by atoms with van der Waals surface area (Å²) < 4.78 is 6.40. The monoisotopic (exact) mass is 496 g/mol.